The van der Waals surface area contributed by atoms with Crippen molar-refractivity contribution in [3.63, 3.8) is 0 Å². The molecule has 2 heteroatoms. The van der Waals surface area contributed by atoms with Crippen molar-refractivity contribution in [3.8, 4) is 0 Å². The largest absolute Gasteiger partial charge is 0.481 e. The van der Waals surface area contributed by atoms with E-state index in [4.69, 9.17) is 0 Å². The summed E-state index contributed by atoms with van der Waals surface area (Å²) in [5.74, 6) is 1.71. The van der Waals surface area contributed by atoms with Gasteiger partial charge in [-0.25, -0.2) is 0 Å². The van der Waals surface area contributed by atoms with E-state index in [1.807, 2.05) is 0 Å². The van der Waals surface area contributed by atoms with E-state index in [1.54, 1.807) is 0 Å². The summed E-state index contributed by atoms with van der Waals surface area (Å²) in [5, 5.41) is 10.1. The standard InChI is InChI=1S/C25H38O2/c1-3-5-19-7-9-21(10-8-19)22-11-13-23(14-12-22)25(24(26)27)17-15-20(6-4-2)16-18-25/h11-14,19-21H,3-10,15-18H2,1-2H3,(H,26,27). The summed E-state index contributed by atoms with van der Waals surface area (Å²) < 4.78 is 0. The quantitative estimate of drug-likeness (QED) is 0.557. The topological polar surface area (TPSA) is 37.3 Å². The Hall–Kier alpha value is -1.31. The van der Waals surface area contributed by atoms with Crippen molar-refractivity contribution < 1.29 is 9.90 Å². The van der Waals surface area contributed by atoms with Crippen molar-refractivity contribution in [2.45, 2.75) is 102 Å². The van der Waals surface area contributed by atoms with E-state index in [2.05, 4.69) is 38.1 Å². The van der Waals surface area contributed by atoms with Crippen LogP contribution in [0.25, 0.3) is 0 Å². The Morgan fingerprint density at radius 2 is 1.41 bits per heavy atom. The summed E-state index contributed by atoms with van der Waals surface area (Å²) in [4.78, 5) is 12.2. The number of carbonyl (C=O) groups is 1. The summed E-state index contributed by atoms with van der Waals surface area (Å²) >= 11 is 0. The lowest BCUT2D eigenvalue weighted by atomic mass is 9.65. The zero-order valence-corrected chi connectivity index (χ0v) is 17.4. The molecule has 1 aromatic rings. The summed E-state index contributed by atoms with van der Waals surface area (Å²) in [5.41, 5.74) is 1.81. The van der Waals surface area contributed by atoms with Gasteiger partial charge in [0.15, 0.2) is 0 Å². The Morgan fingerprint density at radius 1 is 0.889 bits per heavy atom. The first kappa shape index (κ1) is 20.4. The van der Waals surface area contributed by atoms with E-state index in [-0.39, 0.29) is 0 Å². The predicted octanol–water partition coefficient (Wildman–Crippen LogP) is 7.07. The van der Waals surface area contributed by atoms with Gasteiger partial charge in [0.1, 0.15) is 0 Å². The first-order chi connectivity index (χ1) is 13.1. The number of carboxylic acids is 1. The molecule has 2 aliphatic rings. The van der Waals surface area contributed by atoms with E-state index in [0.717, 1.165) is 43.1 Å². The van der Waals surface area contributed by atoms with Gasteiger partial charge in [0, 0.05) is 0 Å². The summed E-state index contributed by atoms with van der Waals surface area (Å²) in [6.45, 7) is 4.52. The Kier molecular flexibility index (Phi) is 7.00. The molecular formula is C25H38O2. The fraction of sp³-hybridized carbons (Fsp3) is 0.720. The minimum atomic E-state index is -0.651. The molecule has 0 spiro atoms. The number of benzene rings is 1. The first-order valence-corrected chi connectivity index (χ1v) is 11.4. The van der Waals surface area contributed by atoms with Crippen molar-refractivity contribution in [2.75, 3.05) is 0 Å². The van der Waals surface area contributed by atoms with Crippen LogP contribution < -0.4 is 0 Å². The second-order valence-corrected chi connectivity index (χ2v) is 9.25. The lowest BCUT2D eigenvalue weighted by molar-refractivity contribution is -0.145. The number of rotatable bonds is 7. The highest BCUT2D eigenvalue weighted by molar-refractivity contribution is 5.81. The molecule has 150 valence electrons. The van der Waals surface area contributed by atoms with Gasteiger partial charge in [0.05, 0.1) is 5.41 Å². The van der Waals surface area contributed by atoms with Gasteiger partial charge < -0.3 is 5.11 Å². The average Bonchev–Trinajstić information content (AvgIpc) is 2.70. The zero-order chi connectivity index (χ0) is 19.3. The molecule has 1 aromatic carbocycles. The smallest absolute Gasteiger partial charge is 0.314 e. The third-order valence-corrected chi connectivity index (χ3v) is 7.54. The van der Waals surface area contributed by atoms with Crippen LogP contribution in [-0.2, 0) is 10.2 Å². The van der Waals surface area contributed by atoms with Gasteiger partial charge in [0.25, 0.3) is 0 Å². The van der Waals surface area contributed by atoms with Crippen molar-refractivity contribution in [3.05, 3.63) is 35.4 Å². The highest BCUT2D eigenvalue weighted by Gasteiger charge is 2.43. The number of carboxylic acid groups (broad SMARTS) is 1. The molecule has 2 fully saturated rings. The Balaban J connectivity index is 1.67. The molecule has 2 nitrogen and oxygen atoms in total. The molecule has 3 rings (SSSR count). The van der Waals surface area contributed by atoms with E-state index < -0.39 is 11.4 Å². The highest BCUT2D eigenvalue weighted by atomic mass is 16.4. The lowest BCUT2D eigenvalue weighted by Gasteiger charge is -2.37. The third kappa shape index (κ3) is 4.58. The minimum Gasteiger partial charge on any atom is -0.481 e. The molecule has 0 radical (unpaired) electrons. The van der Waals surface area contributed by atoms with Gasteiger partial charge in [-0.3, -0.25) is 4.79 Å². The Labute approximate surface area is 165 Å². The van der Waals surface area contributed by atoms with Gasteiger partial charge in [-0.05, 0) is 80.2 Å². The Morgan fingerprint density at radius 3 is 1.89 bits per heavy atom. The van der Waals surface area contributed by atoms with Crippen LogP contribution in [0.3, 0.4) is 0 Å². The molecule has 0 amide bonds. The summed E-state index contributed by atoms with van der Waals surface area (Å²) in [6, 6.07) is 8.76. The maximum Gasteiger partial charge on any atom is 0.314 e. The van der Waals surface area contributed by atoms with Crippen LogP contribution in [0.1, 0.15) is 108 Å². The van der Waals surface area contributed by atoms with Crippen molar-refractivity contribution in [1.82, 2.24) is 0 Å². The van der Waals surface area contributed by atoms with Crippen molar-refractivity contribution in [2.24, 2.45) is 11.8 Å². The maximum atomic E-state index is 12.2. The molecule has 27 heavy (non-hydrogen) atoms. The number of hydrogen-bond acceptors (Lipinski definition) is 1. The van der Waals surface area contributed by atoms with Gasteiger partial charge in [-0.2, -0.15) is 0 Å². The molecule has 0 heterocycles. The molecule has 0 aliphatic heterocycles. The van der Waals surface area contributed by atoms with Gasteiger partial charge >= 0.3 is 5.97 Å². The van der Waals surface area contributed by atoms with Crippen molar-refractivity contribution in [1.29, 1.82) is 0 Å². The second kappa shape index (κ2) is 9.26. The molecule has 0 aromatic heterocycles. The van der Waals surface area contributed by atoms with Crippen LogP contribution in [0.2, 0.25) is 0 Å². The fourth-order valence-electron chi connectivity index (χ4n) is 5.76. The minimum absolute atomic E-state index is 0.620. The van der Waals surface area contributed by atoms with Crippen LogP contribution in [0, 0.1) is 11.8 Å². The fourth-order valence-corrected chi connectivity index (χ4v) is 5.76. The Bertz CT molecular complexity index is 587. The molecule has 0 bridgehead atoms. The third-order valence-electron chi connectivity index (χ3n) is 7.54. The molecule has 0 atom stereocenters. The summed E-state index contributed by atoms with van der Waals surface area (Å²) in [6.07, 6.45) is 14.2. The van der Waals surface area contributed by atoms with Crippen LogP contribution in [-0.4, -0.2) is 11.1 Å². The lowest BCUT2D eigenvalue weighted by Crippen LogP contribution is -2.39. The first-order valence-electron chi connectivity index (χ1n) is 11.4. The number of aliphatic carboxylic acids is 1. The van der Waals surface area contributed by atoms with Crippen LogP contribution in [0.15, 0.2) is 24.3 Å². The molecule has 0 unspecified atom stereocenters. The van der Waals surface area contributed by atoms with Gasteiger partial charge in [0.2, 0.25) is 0 Å². The maximum absolute atomic E-state index is 12.2. The van der Waals surface area contributed by atoms with E-state index in [9.17, 15) is 9.90 Å². The van der Waals surface area contributed by atoms with E-state index >= 15 is 0 Å². The van der Waals surface area contributed by atoms with E-state index in [1.165, 1.54) is 56.9 Å². The highest BCUT2D eigenvalue weighted by Crippen LogP contribution is 2.44. The zero-order valence-electron chi connectivity index (χ0n) is 17.4. The van der Waals surface area contributed by atoms with Crippen LogP contribution in [0.4, 0.5) is 0 Å². The van der Waals surface area contributed by atoms with Crippen LogP contribution >= 0.6 is 0 Å². The molecule has 1 N–H and O–H groups in total. The monoisotopic (exact) mass is 370 g/mol. The van der Waals surface area contributed by atoms with Gasteiger partial charge in [-0.1, -0.05) is 63.8 Å². The second-order valence-electron chi connectivity index (χ2n) is 9.25. The van der Waals surface area contributed by atoms with E-state index in [0.29, 0.717) is 5.92 Å². The molecule has 2 saturated carbocycles. The van der Waals surface area contributed by atoms with Gasteiger partial charge in [-0.15, -0.1) is 0 Å². The molecular weight excluding hydrogens is 332 g/mol. The molecule has 2 aliphatic carbocycles. The normalized spacial score (nSPS) is 31.6. The SMILES string of the molecule is CCCC1CCC(c2ccc(C3(C(=O)O)CCC(CCC)CC3)cc2)CC1. The number of hydrogen-bond donors (Lipinski definition) is 1. The van der Waals surface area contributed by atoms with Crippen LogP contribution in [0.5, 0.6) is 0 Å². The summed E-state index contributed by atoms with van der Waals surface area (Å²) in [7, 11) is 0. The predicted molar refractivity (Wildman–Crippen MR) is 112 cm³/mol. The molecule has 0 saturated heterocycles. The average molecular weight is 371 g/mol. The van der Waals surface area contributed by atoms with Crippen molar-refractivity contribution >= 4 is 5.97 Å².